The minimum Gasteiger partial charge on any atom is -0.456 e. The zero-order valence-corrected chi connectivity index (χ0v) is 28.9. The van der Waals surface area contributed by atoms with E-state index in [1.807, 2.05) is 40.9 Å². The molecule has 0 radical (unpaired) electrons. The third-order valence-electron chi connectivity index (χ3n) is 10.2. The molecule has 0 fully saturated rings. The molecular weight excluding hydrogens is 663 g/mol. The van der Waals surface area contributed by atoms with Crippen molar-refractivity contribution in [1.29, 1.82) is 0 Å². The molecule has 7 aromatic carbocycles. The molecule has 0 saturated carbocycles. The summed E-state index contributed by atoms with van der Waals surface area (Å²) in [6, 6.07) is 54.1. The van der Waals surface area contributed by atoms with E-state index in [0.29, 0.717) is 0 Å². The van der Waals surface area contributed by atoms with Gasteiger partial charge in [0.2, 0.25) is 0 Å². The van der Waals surface area contributed by atoms with Gasteiger partial charge in [-0.3, -0.25) is 5.32 Å². The van der Waals surface area contributed by atoms with Crippen molar-refractivity contribution >= 4 is 90.8 Å². The van der Waals surface area contributed by atoms with E-state index < -0.39 is 0 Å². The third-order valence-corrected chi connectivity index (χ3v) is 12.6. The first kappa shape index (κ1) is 29.0. The average molecular weight is 692 g/mol. The Morgan fingerprint density at radius 1 is 0.529 bits per heavy atom. The van der Waals surface area contributed by atoms with Crippen LogP contribution in [-0.2, 0) is 0 Å². The molecule has 0 spiro atoms. The quantitative estimate of drug-likeness (QED) is 0.193. The molecule has 6 heteroatoms. The first-order chi connectivity index (χ1) is 25.3. The van der Waals surface area contributed by atoms with Crippen LogP contribution in [0.15, 0.2) is 161 Å². The lowest BCUT2D eigenvalue weighted by Crippen LogP contribution is -2.45. The smallest absolute Gasteiger partial charge is 0.136 e. The SMILES string of the molecule is c1ccc(C2N=C(c3cccc4oc5ccccc5c34)NC(c3cccc4c3sc3ccc(-c5cccc6c5sc5ccccc56)cc34)N2)cc1. The summed E-state index contributed by atoms with van der Waals surface area (Å²) in [5.41, 5.74) is 7.64. The van der Waals surface area contributed by atoms with Gasteiger partial charge in [-0.05, 0) is 47.0 Å². The van der Waals surface area contributed by atoms with Crippen LogP contribution in [0.3, 0.4) is 0 Å². The van der Waals surface area contributed by atoms with E-state index in [2.05, 4.69) is 144 Å². The predicted octanol–water partition coefficient (Wildman–Crippen LogP) is 12.3. The number of fused-ring (bicyclic) bond motifs is 9. The zero-order valence-electron chi connectivity index (χ0n) is 27.3. The largest absolute Gasteiger partial charge is 0.456 e. The Hall–Kier alpha value is -5.79. The second-order valence-electron chi connectivity index (χ2n) is 13.1. The van der Waals surface area contributed by atoms with Gasteiger partial charge < -0.3 is 9.73 Å². The van der Waals surface area contributed by atoms with Crippen molar-refractivity contribution in [2.24, 2.45) is 4.99 Å². The molecule has 2 atom stereocenters. The summed E-state index contributed by atoms with van der Waals surface area (Å²) in [5.74, 6) is 0.849. The molecular formula is C45H29N3OS2. The minimum atomic E-state index is -0.237. The Labute approximate surface area is 301 Å². The molecule has 4 heterocycles. The molecule has 11 rings (SSSR count). The van der Waals surface area contributed by atoms with Crippen LogP contribution in [0.5, 0.6) is 0 Å². The van der Waals surface area contributed by atoms with Crippen LogP contribution in [0, 0.1) is 0 Å². The summed E-state index contributed by atoms with van der Waals surface area (Å²) in [7, 11) is 0. The summed E-state index contributed by atoms with van der Waals surface area (Å²) in [5, 5.41) is 15.1. The standard InChI is InChI=1S/C45H29N3OS2/c1-2-11-26(12-3-1)43-46-44(33-18-10-21-37-40(33)32-14-4-6-20-36(32)49-37)48-45(47-43)34-19-9-17-31-35-25-27(23-24-39(35)51-42(31)34)28-15-8-16-30-29-13-5-7-22-38(29)50-41(28)30/h1-25,43,45,47H,(H,46,48). The van der Waals surface area contributed by atoms with Gasteiger partial charge in [0.05, 0.1) is 0 Å². The summed E-state index contributed by atoms with van der Waals surface area (Å²) in [6.07, 6.45) is -0.418. The molecule has 0 saturated heterocycles. The molecule has 0 amide bonds. The van der Waals surface area contributed by atoms with E-state index in [9.17, 15) is 0 Å². The lowest BCUT2D eigenvalue weighted by molar-refractivity contribution is 0.411. The van der Waals surface area contributed by atoms with Crippen molar-refractivity contribution in [3.8, 4) is 11.1 Å². The van der Waals surface area contributed by atoms with E-state index in [-0.39, 0.29) is 12.3 Å². The molecule has 2 unspecified atom stereocenters. The van der Waals surface area contributed by atoms with Crippen molar-refractivity contribution < 1.29 is 4.42 Å². The van der Waals surface area contributed by atoms with Gasteiger partial charge in [0.25, 0.3) is 0 Å². The zero-order chi connectivity index (χ0) is 33.5. The highest BCUT2D eigenvalue weighted by atomic mass is 32.1. The number of para-hydroxylation sites is 1. The van der Waals surface area contributed by atoms with Gasteiger partial charge >= 0.3 is 0 Å². The Morgan fingerprint density at radius 2 is 1.22 bits per heavy atom. The molecule has 242 valence electrons. The number of furan rings is 1. The molecule has 1 aliphatic heterocycles. The van der Waals surface area contributed by atoms with Crippen LogP contribution in [0.25, 0.3) is 73.4 Å². The molecule has 4 nitrogen and oxygen atoms in total. The number of amidine groups is 1. The summed E-state index contributed by atoms with van der Waals surface area (Å²) in [4.78, 5) is 5.30. The molecule has 3 aromatic heterocycles. The molecule has 51 heavy (non-hydrogen) atoms. The fraction of sp³-hybridized carbons (Fsp3) is 0.0444. The molecule has 0 bridgehead atoms. The van der Waals surface area contributed by atoms with Crippen LogP contribution in [-0.4, -0.2) is 5.84 Å². The molecule has 1 aliphatic rings. The highest BCUT2D eigenvalue weighted by Crippen LogP contribution is 2.44. The number of thiophene rings is 2. The van der Waals surface area contributed by atoms with E-state index in [1.165, 1.54) is 57.0 Å². The van der Waals surface area contributed by atoms with E-state index in [1.54, 1.807) is 0 Å². The topological polar surface area (TPSA) is 49.6 Å². The summed E-state index contributed by atoms with van der Waals surface area (Å²) >= 11 is 3.74. The lowest BCUT2D eigenvalue weighted by Gasteiger charge is -2.32. The van der Waals surface area contributed by atoms with Gasteiger partial charge in [0.15, 0.2) is 0 Å². The lowest BCUT2D eigenvalue weighted by atomic mass is 9.99. The van der Waals surface area contributed by atoms with Gasteiger partial charge in [-0.25, -0.2) is 4.99 Å². The number of benzene rings is 7. The maximum absolute atomic E-state index is 6.28. The van der Waals surface area contributed by atoms with Crippen molar-refractivity contribution in [3.63, 3.8) is 0 Å². The van der Waals surface area contributed by atoms with Gasteiger partial charge in [-0.2, -0.15) is 0 Å². The fourth-order valence-electron chi connectivity index (χ4n) is 7.82. The number of nitrogens with one attached hydrogen (secondary N) is 2. The number of nitrogens with zero attached hydrogens (tertiary/aromatic N) is 1. The second kappa shape index (κ2) is 11.4. The third kappa shape index (κ3) is 4.58. The van der Waals surface area contributed by atoms with Crippen molar-refractivity contribution in [1.82, 2.24) is 10.6 Å². The first-order valence-corrected chi connectivity index (χ1v) is 18.8. The molecule has 0 aliphatic carbocycles. The highest BCUT2D eigenvalue weighted by molar-refractivity contribution is 7.26. The fourth-order valence-corrected chi connectivity index (χ4v) is 10.3. The van der Waals surface area contributed by atoms with Crippen molar-refractivity contribution in [3.05, 3.63) is 168 Å². The van der Waals surface area contributed by atoms with Gasteiger partial charge in [-0.1, -0.05) is 121 Å². The van der Waals surface area contributed by atoms with Crippen LogP contribution in [0.4, 0.5) is 0 Å². The normalized spacial score (nSPS) is 16.4. The number of rotatable bonds is 4. The average Bonchev–Trinajstić information content (AvgIpc) is 3.89. The second-order valence-corrected chi connectivity index (χ2v) is 15.2. The monoisotopic (exact) mass is 691 g/mol. The first-order valence-electron chi connectivity index (χ1n) is 17.2. The maximum Gasteiger partial charge on any atom is 0.136 e. The van der Waals surface area contributed by atoms with Crippen LogP contribution < -0.4 is 10.6 Å². The minimum absolute atomic E-state index is 0.181. The maximum atomic E-state index is 6.28. The summed E-state index contributed by atoms with van der Waals surface area (Å²) < 4.78 is 11.5. The number of aliphatic imine (C=N–C) groups is 1. The van der Waals surface area contributed by atoms with Crippen LogP contribution in [0.1, 0.15) is 29.0 Å². The summed E-state index contributed by atoms with van der Waals surface area (Å²) in [6.45, 7) is 0. The predicted molar refractivity (Wildman–Crippen MR) is 216 cm³/mol. The Bertz CT molecular complexity index is 3010. The Morgan fingerprint density at radius 3 is 2.14 bits per heavy atom. The van der Waals surface area contributed by atoms with Crippen LogP contribution in [0.2, 0.25) is 0 Å². The van der Waals surface area contributed by atoms with E-state index >= 15 is 0 Å². The Balaban J connectivity index is 1.05. The van der Waals surface area contributed by atoms with Crippen LogP contribution >= 0.6 is 22.7 Å². The van der Waals surface area contributed by atoms with Gasteiger partial charge in [0, 0.05) is 62.2 Å². The van der Waals surface area contributed by atoms with E-state index in [0.717, 1.165) is 38.9 Å². The van der Waals surface area contributed by atoms with Crippen molar-refractivity contribution in [2.75, 3.05) is 0 Å². The molecule has 2 N–H and O–H groups in total. The number of hydrogen-bond donors (Lipinski definition) is 2. The van der Waals surface area contributed by atoms with Gasteiger partial charge in [0.1, 0.15) is 29.3 Å². The Kier molecular flexibility index (Phi) is 6.46. The molecule has 10 aromatic rings. The van der Waals surface area contributed by atoms with Crippen molar-refractivity contribution in [2.45, 2.75) is 12.3 Å². The van der Waals surface area contributed by atoms with Gasteiger partial charge in [-0.15, -0.1) is 22.7 Å². The number of hydrogen-bond acceptors (Lipinski definition) is 6. The highest BCUT2D eigenvalue weighted by Gasteiger charge is 2.29. The van der Waals surface area contributed by atoms with E-state index in [4.69, 9.17) is 9.41 Å².